The van der Waals surface area contributed by atoms with E-state index in [2.05, 4.69) is 30.9 Å². The molecule has 2 bridgehead atoms. The van der Waals surface area contributed by atoms with Gasteiger partial charge < -0.3 is 4.74 Å². The van der Waals surface area contributed by atoms with Gasteiger partial charge in [0.2, 0.25) is 0 Å². The summed E-state index contributed by atoms with van der Waals surface area (Å²) < 4.78 is 5.85. The van der Waals surface area contributed by atoms with E-state index in [1.54, 1.807) is 0 Å². The van der Waals surface area contributed by atoms with Gasteiger partial charge in [0.1, 0.15) is 0 Å². The smallest absolute Gasteiger partial charge is 0.0820 e. The molecule has 0 N–H and O–H groups in total. The van der Waals surface area contributed by atoms with Crippen LogP contribution in [0.4, 0.5) is 0 Å². The first-order valence-electron chi connectivity index (χ1n) is 5.46. The van der Waals surface area contributed by atoms with Gasteiger partial charge in [-0.05, 0) is 13.8 Å². The molecule has 0 saturated carbocycles. The molecule has 0 radical (unpaired) electrons. The fraction of sp³-hybridized carbons (Fsp3) is 0.818. The Kier molecular flexibility index (Phi) is 1.98. The standard InChI is InChI=1S/C11H17NOS/c1-6(2)12-5-7-8-3-4-9(13-8)10(7)11(12)14/h3-4,6-11,14H,5H2,1-2H3. The fourth-order valence-corrected chi connectivity index (χ4v) is 3.87. The summed E-state index contributed by atoms with van der Waals surface area (Å²) in [6, 6.07) is 0.600. The van der Waals surface area contributed by atoms with Crippen molar-refractivity contribution in [3.8, 4) is 0 Å². The average molecular weight is 211 g/mol. The Bertz CT molecular complexity index is 278. The average Bonchev–Trinajstić information content (AvgIpc) is 2.75. The summed E-state index contributed by atoms with van der Waals surface area (Å²) in [5.41, 5.74) is 0. The predicted octanol–water partition coefficient (Wildman–Crippen LogP) is 1.54. The number of thiol groups is 1. The first-order chi connectivity index (χ1) is 6.68. The van der Waals surface area contributed by atoms with E-state index in [0.29, 0.717) is 35.5 Å². The molecule has 2 saturated heterocycles. The number of likely N-dealkylation sites (tertiary alicyclic amines) is 1. The lowest BCUT2D eigenvalue weighted by atomic mass is 9.86. The van der Waals surface area contributed by atoms with E-state index in [9.17, 15) is 0 Å². The van der Waals surface area contributed by atoms with E-state index in [4.69, 9.17) is 17.4 Å². The Hall–Kier alpha value is 0.01000. The summed E-state index contributed by atoms with van der Waals surface area (Å²) >= 11 is 4.75. The van der Waals surface area contributed by atoms with Crippen molar-refractivity contribution in [3.63, 3.8) is 0 Å². The van der Waals surface area contributed by atoms with Gasteiger partial charge in [0, 0.05) is 24.4 Å². The third kappa shape index (κ3) is 1.06. The van der Waals surface area contributed by atoms with Crippen molar-refractivity contribution < 1.29 is 4.74 Å². The molecule has 3 heterocycles. The van der Waals surface area contributed by atoms with Crippen LogP contribution in [0.3, 0.4) is 0 Å². The molecule has 0 aromatic heterocycles. The lowest BCUT2D eigenvalue weighted by Gasteiger charge is -2.28. The van der Waals surface area contributed by atoms with E-state index < -0.39 is 0 Å². The number of ether oxygens (including phenoxy) is 1. The highest BCUT2D eigenvalue weighted by atomic mass is 32.1. The molecule has 3 aliphatic heterocycles. The molecule has 2 fully saturated rings. The van der Waals surface area contributed by atoms with E-state index in [-0.39, 0.29) is 0 Å². The van der Waals surface area contributed by atoms with Crippen LogP contribution in [0, 0.1) is 11.8 Å². The Labute approximate surface area is 90.7 Å². The highest BCUT2D eigenvalue weighted by Gasteiger charge is 2.54. The Morgan fingerprint density at radius 3 is 2.71 bits per heavy atom. The van der Waals surface area contributed by atoms with Crippen LogP contribution in [0.5, 0.6) is 0 Å². The van der Waals surface area contributed by atoms with Gasteiger partial charge >= 0.3 is 0 Å². The summed E-state index contributed by atoms with van der Waals surface area (Å²) in [4.78, 5) is 2.49. The minimum atomic E-state index is 0.344. The highest BCUT2D eigenvalue weighted by molar-refractivity contribution is 7.80. The minimum absolute atomic E-state index is 0.344. The maximum absolute atomic E-state index is 5.85. The van der Waals surface area contributed by atoms with Crippen LogP contribution in [-0.2, 0) is 4.74 Å². The molecule has 0 aromatic rings. The molecule has 2 nitrogen and oxygen atoms in total. The van der Waals surface area contributed by atoms with Crippen molar-refractivity contribution >= 4 is 12.6 Å². The van der Waals surface area contributed by atoms with Crippen LogP contribution < -0.4 is 0 Å². The maximum Gasteiger partial charge on any atom is 0.0820 e. The van der Waals surface area contributed by atoms with Crippen LogP contribution in [0.2, 0.25) is 0 Å². The predicted molar refractivity (Wildman–Crippen MR) is 59.4 cm³/mol. The molecule has 3 rings (SSSR count). The van der Waals surface area contributed by atoms with Crippen LogP contribution in [0.25, 0.3) is 0 Å². The normalized spacial score (nSPS) is 50.7. The van der Waals surface area contributed by atoms with E-state index in [0.717, 1.165) is 6.54 Å². The number of rotatable bonds is 1. The molecule has 0 spiro atoms. The van der Waals surface area contributed by atoms with Gasteiger partial charge in [-0.15, -0.1) is 0 Å². The molecule has 14 heavy (non-hydrogen) atoms. The number of hydrogen-bond donors (Lipinski definition) is 1. The zero-order valence-corrected chi connectivity index (χ0v) is 9.52. The highest BCUT2D eigenvalue weighted by Crippen LogP contribution is 2.48. The number of nitrogens with zero attached hydrogens (tertiary/aromatic N) is 1. The van der Waals surface area contributed by atoms with E-state index in [1.165, 1.54) is 0 Å². The second-order valence-electron chi connectivity index (χ2n) is 4.90. The summed E-state index contributed by atoms with van der Waals surface area (Å²) in [5, 5.41) is 0.389. The quantitative estimate of drug-likeness (QED) is 0.522. The van der Waals surface area contributed by atoms with Crippen molar-refractivity contribution in [2.45, 2.75) is 37.5 Å². The first kappa shape index (κ1) is 9.25. The van der Waals surface area contributed by atoms with E-state index in [1.807, 2.05) is 0 Å². The van der Waals surface area contributed by atoms with Crippen LogP contribution in [0.1, 0.15) is 13.8 Å². The van der Waals surface area contributed by atoms with Crippen molar-refractivity contribution in [2.75, 3.05) is 6.54 Å². The molecule has 0 aromatic carbocycles. The lowest BCUT2D eigenvalue weighted by Crippen LogP contribution is -2.36. The molecule has 3 heteroatoms. The summed E-state index contributed by atoms with van der Waals surface area (Å²) in [6.07, 6.45) is 5.18. The molecule has 0 amide bonds. The lowest BCUT2D eigenvalue weighted by molar-refractivity contribution is 0.0764. The summed E-state index contributed by atoms with van der Waals surface area (Å²) in [7, 11) is 0. The van der Waals surface area contributed by atoms with Gasteiger partial charge in [0.05, 0.1) is 17.6 Å². The molecular formula is C11H17NOS. The second-order valence-corrected chi connectivity index (χ2v) is 5.42. The largest absolute Gasteiger partial charge is 0.366 e. The minimum Gasteiger partial charge on any atom is -0.366 e. The van der Waals surface area contributed by atoms with Gasteiger partial charge in [-0.1, -0.05) is 12.2 Å². The van der Waals surface area contributed by atoms with Crippen molar-refractivity contribution in [1.29, 1.82) is 0 Å². The Balaban J connectivity index is 1.86. The number of fused-ring (bicyclic) bond motifs is 5. The topological polar surface area (TPSA) is 12.5 Å². The molecular weight excluding hydrogens is 194 g/mol. The Morgan fingerprint density at radius 2 is 2.07 bits per heavy atom. The molecule has 3 aliphatic rings. The maximum atomic E-state index is 5.85. The van der Waals surface area contributed by atoms with E-state index >= 15 is 0 Å². The van der Waals surface area contributed by atoms with Crippen molar-refractivity contribution in [3.05, 3.63) is 12.2 Å². The van der Waals surface area contributed by atoms with Crippen LogP contribution in [-0.4, -0.2) is 35.1 Å². The SMILES string of the molecule is CC(C)N1CC2C3C=CC(O3)C2C1S. The third-order valence-corrected chi connectivity index (χ3v) is 4.51. The van der Waals surface area contributed by atoms with Gasteiger partial charge in [-0.2, -0.15) is 12.6 Å². The zero-order valence-electron chi connectivity index (χ0n) is 8.63. The van der Waals surface area contributed by atoms with Crippen molar-refractivity contribution in [2.24, 2.45) is 11.8 Å². The first-order valence-corrected chi connectivity index (χ1v) is 5.97. The van der Waals surface area contributed by atoms with Gasteiger partial charge in [-0.25, -0.2) is 0 Å². The Morgan fingerprint density at radius 1 is 1.36 bits per heavy atom. The van der Waals surface area contributed by atoms with Crippen LogP contribution >= 0.6 is 12.6 Å². The molecule has 0 aliphatic carbocycles. The third-order valence-electron chi connectivity index (χ3n) is 3.87. The van der Waals surface area contributed by atoms with Gasteiger partial charge in [0.15, 0.2) is 0 Å². The molecule has 5 unspecified atom stereocenters. The number of hydrogen-bond acceptors (Lipinski definition) is 3. The van der Waals surface area contributed by atoms with Gasteiger partial charge in [0.25, 0.3) is 0 Å². The molecule has 78 valence electrons. The molecule has 5 atom stereocenters. The zero-order chi connectivity index (χ0) is 9.87. The summed E-state index contributed by atoms with van der Waals surface area (Å²) in [5.74, 6) is 1.31. The fourth-order valence-electron chi connectivity index (χ4n) is 3.12. The second kappa shape index (κ2) is 3.00. The van der Waals surface area contributed by atoms with Gasteiger partial charge in [-0.3, -0.25) is 4.90 Å². The van der Waals surface area contributed by atoms with Crippen molar-refractivity contribution in [1.82, 2.24) is 4.90 Å². The summed E-state index contributed by atoms with van der Waals surface area (Å²) in [6.45, 7) is 5.66. The van der Waals surface area contributed by atoms with Crippen LogP contribution in [0.15, 0.2) is 12.2 Å². The monoisotopic (exact) mass is 211 g/mol.